The van der Waals surface area contributed by atoms with Gasteiger partial charge in [0, 0.05) is 23.1 Å². The molecule has 5 heterocycles. The lowest BCUT2D eigenvalue weighted by atomic mass is 9.71. The zero-order chi connectivity index (χ0) is 50.0. The van der Waals surface area contributed by atoms with E-state index in [1.54, 1.807) is 0 Å². The van der Waals surface area contributed by atoms with Crippen LogP contribution in [0.2, 0.25) is 0 Å². The molecule has 3 fully saturated rings. The van der Waals surface area contributed by atoms with Crippen LogP contribution in [0.15, 0.2) is 12.1 Å². The first-order chi connectivity index (χ1) is 33.8. The van der Waals surface area contributed by atoms with Gasteiger partial charge in [0.25, 0.3) is 5.79 Å². The Morgan fingerprint density at radius 1 is 0.414 bits per heavy atom. The predicted molar refractivity (Wildman–Crippen MR) is 292 cm³/mol. The fraction of sp³-hybridized carbons (Fsp3) is 0.800. The highest BCUT2D eigenvalue weighted by atomic mass is 31.2. The van der Waals surface area contributed by atoms with Gasteiger partial charge in [-0.2, -0.15) is 0 Å². The van der Waals surface area contributed by atoms with Gasteiger partial charge in [-0.25, -0.2) is 0 Å². The number of rotatable bonds is 35. The maximum atomic E-state index is 7.05. The van der Waals surface area contributed by atoms with E-state index >= 15 is 0 Å². The zero-order valence-corrected chi connectivity index (χ0v) is 48.1. The van der Waals surface area contributed by atoms with Crippen LogP contribution in [-0.2, 0) is 56.9 Å². The minimum absolute atomic E-state index is 0.196. The van der Waals surface area contributed by atoms with Crippen LogP contribution < -0.4 is 9.78 Å². The Bertz CT molecular complexity index is 1830. The lowest BCUT2D eigenvalue weighted by Crippen LogP contribution is -2.52. The summed E-state index contributed by atoms with van der Waals surface area (Å²) in [5.74, 6) is -1.16. The van der Waals surface area contributed by atoms with E-state index < -0.39 is 28.8 Å². The highest BCUT2D eigenvalue weighted by molar-refractivity contribution is 7.44. The molecule has 8 nitrogen and oxygen atoms in total. The lowest BCUT2D eigenvalue weighted by Gasteiger charge is -2.43. The topological polar surface area (TPSA) is 73.8 Å². The van der Waals surface area contributed by atoms with Gasteiger partial charge in [0.1, 0.15) is 0 Å². The molecule has 7 rings (SSSR count). The van der Waals surface area contributed by atoms with Crippen LogP contribution in [0.5, 0.6) is 11.5 Å². The molecular weight excluding hydrogens is 911 g/mol. The Labute approximate surface area is 430 Å². The third kappa shape index (κ3) is 15.2. The predicted octanol–water partition coefficient (Wildman–Crippen LogP) is 20.9. The van der Waals surface area contributed by atoms with Gasteiger partial charge in [-0.1, -0.05) is 260 Å². The fourth-order valence-corrected chi connectivity index (χ4v) is 13.8. The van der Waals surface area contributed by atoms with Crippen molar-refractivity contribution in [3.8, 4) is 22.6 Å². The van der Waals surface area contributed by atoms with Crippen LogP contribution >= 0.6 is 17.2 Å². The quantitative estimate of drug-likeness (QED) is 0.0384. The summed E-state index contributed by atoms with van der Waals surface area (Å²) in [5, 5.41) is 0. The number of hydrogen-bond acceptors (Lipinski definition) is 8. The van der Waals surface area contributed by atoms with Crippen LogP contribution in [0.25, 0.3) is 11.1 Å². The first-order valence-corrected chi connectivity index (χ1v) is 31.4. The standard InChI is InChI=1S/C60H100O8P2/c1-11-14-17-20-23-26-28-30-33-36-39-42-48-52(53-50(57(5,6)7)45-47(4)46-51(53)58(8,9)10)56-54-49(43-40-37-34-31-29-27-24-21-18-15-12-2)55(48)61-67-70(68-62-56)66-60(54)59(63-69(64-59)65-60)44-41-38-35-32-25-22-19-16-13-3/h45-46H,11-44H2,1-10H3. The van der Waals surface area contributed by atoms with Gasteiger partial charge in [0.05, 0.1) is 5.56 Å². The molecule has 0 amide bonds. The van der Waals surface area contributed by atoms with Crippen molar-refractivity contribution in [3.63, 3.8) is 0 Å². The second kappa shape index (κ2) is 28.5. The van der Waals surface area contributed by atoms with Crippen molar-refractivity contribution in [1.82, 2.24) is 0 Å². The Hall–Kier alpha value is -1.34. The van der Waals surface area contributed by atoms with Crippen molar-refractivity contribution in [2.24, 2.45) is 0 Å². The Morgan fingerprint density at radius 3 is 1.21 bits per heavy atom. The third-order valence-electron chi connectivity index (χ3n) is 15.5. The summed E-state index contributed by atoms with van der Waals surface area (Å²) in [6.07, 6.45) is 41.4. The summed E-state index contributed by atoms with van der Waals surface area (Å²) in [4.78, 5) is 13.6. The van der Waals surface area contributed by atoms with E-state index in [0.717, 1.165) is 79.4 Å². The number of benzene rings is 2. The van der Waals surface area contributed by atoms with Crippen molar-refractivity contribution in [3.05, 3.63) is 45.5 Å². The van der Waals surface area contributed by atoms with Gasteiger partial charge in [-0.05, 0) is 66.5 Å². The number of hydrogen-bond donors (Lipinski definition) is 0. The molecule has 398 valence electrons. The molecule has 2 atom stereocenters. The minimum Gasteiger partial charge on any atom is -0.329 e. The SMILES string of the molecule is CCCCCCCCCCCCCc1c2c(CCCCCCCCCCCCC)c3c(c1-c1c(C(C)(C)C)cc(C)cc1C(C)(C)C)OOP(OO2)OC31OP2OC1(CCCCCCCCCCC)O2. The second-order valence-corrected chi connectivity index (χ2v) is 25.7. The van der Waals surface area contributed by atoms with E-state index in [-0.39, 0.29) is 10.8 Å². The van der Waals surface area contributed by atoms with Gasteiger partial charge in [0.2, 0.25) is 5.79 Å². The van der Waals surface area contributed by atoms with E-state index in [0.29, 0.717) is 12.2 Å². The average molecular weight is 1010 g/mol. The van der Waals surface area contributed by atoms with E-state index in [4.69, 9.17) is 37.2 Å². The molecule has 0 aromatic heterocycles. The molecule has 10 heteroatoms. The summed E-state index contributed by atoms with van der Waals surface area (Å²) in [7, 11) is -3.81. The van der Waals surface area contributed by atoms with Crippen molar-refractivity contribution >= 4 is 17.2 Å². The highest BCUT2D eigenvalue weighted by Gasteiger charge is 2.78. The van der Waals surface area contributed by atoms with Crippen LogP contribution in [0.3, 0.4) is 0 Å². The number of fused-ring (bicyclic) bond motifs is 2. The van der Waals surface area contributed by atoms with Crippen molar-refractivity contribution in [2.45, 2.75) is 310 Å². The lowest BCUT2D eigenvalue weighted by molar-refractivity contribution is -0.290. The van der Waals surface area contributed by atoms with Crippen LogP contribution in [0, 0.1) is 6.92 Å². The number of unbranched alkanes of at least 4 members (excludes halogenated alkanes) is 28. The molecular formula is C60H100O8P2. The van der Waals surface area contributed by atoms with Gasteiger partial charge >= 0.3 is 17.2 Å². The van der Waals surface area contributed by atoms with E-state index in [9.17, 15) is 0 Å². The van der Waals surface area contributed by atoms with Crippen LogP contribution in [0.1, 0.15) is 301 Å². The molecule has 0 N–H and O–H groups in total. The first kappa shape index (κ1) is 57.9. The molecule has 0 saturated carbocycles. The minimum atomic E-state index is -2.18. The van der Waals surface area contributed by atoms with E-state index in [2.05, 4.69) is 81.4 Å². The van der Waals surface area contributed by atoms with Crippen LogP contribution in [-0.4, -0.2) is 5.79 Å². The maximum Gasteiger partial charge on any atom is 0.420 e. The van der Waals surface area contributed by atoms with Gasteiger partial charge < -0.3 is 9.78 Å². The Balaban J connectivity index is 1.40. The zero-order valence-electron chi connectivity index (χ0n) is 46.4. The van der Waals surface area contributed by atoms with Gasteiger partial charge in [-0.3, -0.25) is 18.1 Å². The molecule has 2 aromatic carbocycles. The first-order valence-electron chi connectivity index (χ1n) is 29.2. The van der Waals surface area contributed by atoms with E-state index in [1.165, 1.54) is 183 Å². The third-order valence-corrected chi connectivity index (χ3v) is 17.6. The van der Waals surface area contributed by atoms with Gasteiger partial charge in [-0.15, -0.1) is 9.35 Å². The second-order valence-electron chi connectivity index (χ2n) is 23.7. The molecule has 70 heavy (non-hydrogen) atoms. The molecule has 5 bridgehead atoms. The maximum absolute atomic E-state index is 7.05. The largest absolute Gasteiger partial charge is 0.420 e. The summed E-state index contributed by atoms with van der Waals surface area (Å²) < 4.78 is 40.3. The average Bonchev–Trinajstić information content (AvgIpc) is 3.76. The Kier molecular flexibility index (Phi) is 23.6. The molecule has 5 aliphatic heterocycles. The molecule has 3 saturated heterocycles. The fourth-order valence-electron chi connectivity index (χ4n) is 11.4. The normalized spacial score (nSPS) is 21.5. The highest BCUT2D eigenvalue weighted by Crippen LogP contribution is 2.81. The number of aryl methyl sites for hydroxylation is 1. The molecule has 2 unspecified atom stereocenters. The van der Waals surface area contributed by atoms with Crippen molar-refractivity contribution in [2.75, 3.05) is 0 Å². The molecule has 2 aromatic rings. The smallest absolute Gasteiger partial charge is 0.329 e. The molecule has 1 spiro atoms. The van der Waals surface area contributed by atoms with Gasteiger partial charge in [0.15, 0.2) is 11.5 Å². The summed E-state index contributed by atoms with van der Waals surface area (Å²) >= 11 is 0. The monoisotopic (exact) mass is 1010 g/mol. The molecule has 0 radical (unpaired) electrons. The molecule has 0 aliphatic carbocycles. The summed E-state index contributed by atoms with van der Waals surface area (Å²) in [5.41, 5.74) is 8.57. The summed E-state index contributed by atoms with van der Waals surface area (Å²) in [6.45, 7) is 23.1. The molecule has 5 aliphatic rings. The van der Waals surface area contributed by atoms with E-state index in [1.807, 2.05) is 0 Å². The van der Waals surface area contributed by atoms with Crippen molar-refractivity contribution < 1.29 is 37.2 Å². The summed E-state index contributed by atoms with van der Waals surface area (Å²) in [6, 6.07) is 4.78. The Morgan fingerprint density at radius 2 is 0.786 bits per heavy atom. The van der Waals surface area contributed by atoms with Crippen LogP contribution in [0.4, 0.5) is 0 Å². The van der Waals surface area contributed by atoms with Crippen molar-refractivity contribution in [1.29, 1.82) is 0 Å².